The number of aromatic nitrogens is 2. The molecule has 1 aliphatic carbocycles. The van der Waals surface area contributed by atoms with E-state index < -0.39 is 5.97 Å². The van der Waals surface area contributed by atoms with Crippen molar-refractivity contribution < 1.29 is 9.90 Å². The Labute approximate surface area is 128 Å². The number of carbonyl (C=O) groups is 1. The van der Waals surface area contributed by atoms with Crippen LogP contribution in [0.25, 0.3) is 0 Å². The molecule has 0 saturated heterocycles. The summed E-state index contributed by atoms with van der Waals surface area (Å²) in [6.07, 6.45) is 6.03. The van der Waals surface area contributed by atoms with Crippen LogP contribution in [-0.4, -0.2) is 26.3 Å². The lowest BCUT2D eigenvalue weighted by Crippen LogP contribution is -2.32. The van der Waals surface area contributed by atoms with Crippen molar-refractivity contribution >= 4 is 17.7 Å². The maximum absolute atomic E-state index is 11.5. The van der Waals surface area contributed by atoms with Crippen LogP contribution in [0.1, 0.15) is 30.7 Å². The van der Waals surface area contributed by atoms with Crippen LogP contribution >= 0.6 is 11.8 Å². The average Bonchev–Trinajstić information content (AvgIpc) is 3.01. The highest BCUT2D eigenvalue weighted by atomic mass is 32.2. The molecule has 3 atom stereocenters. The Hall–Kier alpha value is -1.75. The minimum absolute atomic E-state index is 0.0626. The van der Waals surface area contributed by atoms with Crippen LogP contribution in [0.3, 0.4) is 0 Å². The first-order valence-corrected chi connectivity index (χ1v) is 8.06. The first-order chi connectivity index (χ1) is 10.2. The Bertz CT molecular complexity index is 586. The number of nitrogens with zero attached hydrogens (tertiary/aromatic N) is 1. The number of carboxylic acids is 1. The number of hydrogen-bond acceptors (Lipinski definition) is 3. The Morgan fingerprint density at radius 2 is 2.10 bits per heavy atom. The number of aliphatic carboxylic acids is 1. The SMILES string of the molecule is O=C(O)C1CCC(c2ccccc2)CC1Sc1ncc[nH]1. The zero-order valence-electron chi connectivity index (χ0n) is 11.6. The molecule has 0 radical (unpaired) electrons. The number of benzene rings is 1. The summed E-state index contributed by atoms with van der Waals surface area (Å²) in [7, 11) is 0. The van der Waals surface area contributed by atoms with E-state index >= 15 is 0 Å². The summed E-state index contributed by atoms with van der Waals surface area (Å²) in [6, 6.07) is 10.4. The molecule has 4 nitrogen and oxygen atoms in total. The summed E-state index contributed by atoms with van der Waals surface area (Å²) in [5, 5.41) is 10.3. The van der Waals surface area contributed by atoms with E-state index in [0.29, 0.717) is 5.92 Å². The highest BCUT2D eigenvalue weighted by Gasteiger charge is 2.36. The molecule has 1 heterocycles. The van der Waals surface area contributed by atoms with Gasteiger partial charge in [0.2, 0.25) is 0 Å². The van der Waals surface area contributed by atoms with E-state index in [9.17, 15) is 9.90 Å². The highest BCUT2D eigenvalue weighted by molar-refractivity contribution is 7.99. The quantitative estimate of drug-likeness (QED) is 0.906. The number of carboxylic acid groups (broad SMARTS) is 1. The molecule has 1 aliphatic rings. The van der Waals surface area contributed by atoms with Crippen molar-refractivity contribution in [3.05, 3.63) is 48.3 Å². The maximum Gasteiger partial charge on any atom is 0.307 e. The third-order valence-electron chi connectivity index (χ3n) is 4.12. The van der Waals surface area contributed by atoms with Crippen molar-refractivity contribution in [3.8, 4) is 0 Å². The summed E-state index contributed by atoms with van der Waals surface area (Å²) in [4.78, 5) is 18.8. The molecule has 0 amide bonds. The number of thioether (sulfide) groups is 1. The molecule has 0 bridgehead atoms. The van der Waals surface area contributed by atoms with Gasteiger partial charge in [-0.05, 0) is 30.7 Å². The second-order valence-electron chi connectivity index (χ2n) is 5.42. The lowest BCUT2D eigenvalue weighted by atomic mass is 9.78. The fourth-order valence-corrected chi connectivity index (χ4v) is 4.32. The first-order valence-electron chi connectivity index (χ1n) is 7.18. The van der Waals surface area contributed by atoms with E-state index in [-0.39, 0.29) is 11.2 Å². The van der Waals surface area contributed by atoms with E-state index in [1.54, 1.807) is 24.2 Å². The van der Waals surface area contributed by atoms with Crippen molar-refractivity contribution in [2.75, 3.05) is 0 Å². The van der Waals surface area contributed by atoms with E-state index in [0.717, 1.165) is 24.4 Å². The number of rotatable bonds is 4. The van der Waals surface area contributed by atoms with Crippen LogP contribution in [-0.2, 0) is 4.79 Å². The van der Waals surface area contributed by atoms with Gasteiger partial charge in [-0.25, -0.2) is 4.98 Å². The molecule has 1 aromatic carbocycles. The molecular formula is C16H18N2O2S. The predicted molar refractivity (Wildman–Crippen MR) is 82.4 cm³/mol. The van der Waals surface area contributed by atoms with Gasteiger partial charge in [0.05, 0.1) is 5.92 Å². The number of nitrogens with one attached hydrogen (secondary N) is 1. The molecule has 1 fully saturated rings. The topological polar surface area (TPSA) is 66.0 Å². The minimum Gasteiger partial charge on any atom is -0.481 e. The third-order valence-corrected chi connectivity index (χ3v) is 5.39. The number of aromatic amines is 1. The zero-order valence-corrected chi connectivity index (χ0v) is 12.4. The molecule has 3 rings (SSSR count). The van der Waals surface area contributed by atoms with E-state index in [4.69, 9.17) is 0 Å². The van der Waals surface area contributed by atoms with Gasteiger partial charge in [0.1, 0.15) is 0 Å². The lowest BCUT2D eigenvalue weighted by molar-refractivity contribution is -0.142. The minimum atomic E-state index is -0.689. The van der Waals surface area contributed by atoms with Crippen LogP contribution in [0.2, 0.25) is 0 Å². The monoisotopic (exact) mass is 302 g/mol. The molecule has 5 heteroatoms. The van der Waals surface area contributed by atoms with Gasteiger partial charge < -0.3 is 10.1 Å². The van der Waals surface area contributed by atoms with E-state index in [1.807, 2.05) is 18.2 Å². The van der Waals surface area contributed by atoms with Gasteiger partial charge in [-0.15, -0.1) is 0 Å². The fraction of sp³-hybridized carbons (Fsp3) is 0.375. The fourth-order valence-electron chi connectivity index (χ4n) is 3.03. The van der Waals surface area contributed by atoms with Gasteiger partial charge in [-0.3, -0.25) is 4.79 Å². The Kier molecular flexibility index (Phi) is 4.29. The summed E-state index contributed by atoms with van der Waals surface area (Å²) in [6.45, 7) is 0. The lowest BCUT2D eigenvalue weighted by Gasteiger charge is -2.33. The predicted octanol–water partition coefficient (Wildman–Crippen LogP) is 3.54. The van der Waals surface area contributed by atoms with Crippen LogP contribution in [0, 0.1) is 5.92 Å². The molecule has 2 aromatic rings. The Balaban J connectivity index is 1.77. The van der Waals surface area contributed by atoms with Crippen molar-refractivity contribution in [3.63, 3.8) is 0 Å². The van der Waals surface area contributed by atoms with Crippen molar-refractivity contribution in [2.45, 2.75) is 35.6 Å². The molecule has 0 aliphatic heterocycles. The third kappa shape index (κ3) is 3.29. The second-order valence-corrected chi connectivity index (χ2v) is 6.64. The van der Waals surface area contributed by atoms with Crippen molar-refractivity contribution in [2.24, 2.45) is 5.92 Å². The maximum atomic E-state index is 11.5. The Morgan fingerprint density at radius 1 is 1.29 bits per heavy atom. The normalized spacial score (nSPS) is 25.6. The van der Waals surface area contributed by atoms with E-state index in [1.165, 1.54) is 5.56 Å². The van der Waals surface area contributed by atoms with Gasteiger partial charge in [-0.2, -0.15) is 0 Å². The molecule has 2 N–H and O–H groups in total. The van der Waals surface area contributed by atoms with Gasteiger partial charge in [0, 0.05) is 17.6 Å². The van der Waals surface area contributed by atoms with Crippen LogP contribution in [0.5, 0.6) is 0 Å². The second kappa shape index (κ2) is 6.35. The van der Waals surface area contributed by atoms with Gasteiger partial charge >= 0.3 is 5.97 Å². The number of imidazole rings is 1. The van der Waals surface area contributed by atoms with Crippen molar-refractivity contribution in [1.82, 2.24) is 9.97 Å². The summed E-state index contributed by atoms with van der Waals surface area (Å²) < 4.78 is 0. The summed E-state index contributed by atoms with van der Waals surface area (Å²) in [5.74, 6) is -0.542. The van der Waals surface area contributed by atoms with E-state index in [2.05, 4.69) is 22.1 Å². The molecule has 110 valence electrons. The molecule has 21 heavy (non-hydrogen) atoms. The van der Waals surface area contributed by atoms with Crippen molar-refractivity contribution in [1.29, 1.82) is 0 Å². The van der Waals surface area contributed by atoms with Gasteiger partial charge in [-0.1, -0.05) is 42.1 Å². The zero-order chi connectivity index (χ0) is 14.7. The van der Waals surface area contributed by atoms with Gasteiger partial charge in [0.15, 0.2) is 5.16 Å². The highest BCUT2D eigenvalue weighted by Crippen LogP contribution is 2.42. The number of hydrogen-bond donors (Lipinski definition) is 2. The van der Waals surface area contributed by atoms with Crippen LogP contribution in [0.4, 0.5) is 0 Å². The molecule has 0 spiro atoms. The molecule has 3 unspecified atom stereocenters. The molecular weight excluding hydrogens is 284 g/mol. The summed E-state index contributed by atoms with van der Waals surface area (Å²) >= 11 is 1.56. The standard InChI is InChI=1S/C16H18N2O2S/c19-15(20)13-7-6-12(11-4-2-1-3-5-11)10-14(13)21-16-17-8-9-18-16/h1-5,8-9,12-14H,6-7,10H2,(H,17,18)(H,19,20). The molecule has 1 aromatic heterocycles. The largest absolute Gasteiger partial charge is 0.481 e. The number of H-pyrrole nitrogens is 1. The Morgan fingerprint density at radius 3 is 2.76 bits per heavy atom. The van der Waals surface area contributed by atoms with Gasteiger partial charge in [0.25, 0.3) is 0 Å². The average molecular weight is 302 g/mol. The van der Waals surface area contributed by atoms with Crippen LogP contribution in [0.15, 0.2) is 47.9 Å². The molecule has 1 saturated carbocycles. The smallest absolute Gasteiger partial charge is 0.307 e. The van der Waals surface area contributed by atoms with Crippen LogP contribution < -0.4 is 0 Å². The summed E-state index contributed by atoms with van der Waals surface area (Å²) in [5.41, 5.74) is 1.31. The first kappa shape index (κ1) is 14.2.